The van der Waals surface area contributed by atoms with Crippen LogP contribution in [-0.2, 0) is 13.6 Å². The molecule has 0 spiro atoms. The van der Waals surface area contributed by atoms with Crippen LogP contribution in [0.1, 0.15) is 5.56 Å². The van der Waals surface area contributed by atoms with Gasteiger partial charge < -0.3 is 19.4 Å². The molecule has 1 aromatic heterocycles. The number of nitrogens with zero attached hydrogens (tertiary/aromatic N) is 2. The van der Waals surface area contributed by atoms with Crippen molar-refractivity contribution < 1.29 is 9.47 Å². The minimum atomic E-state index is 0.292. The number of rotatable bonds is 4. The molecule has 0 saturated carbocycles. The number of benzene rings is 3. The Morgan fingerprint density at radius 2 is 1.85 bits per heavy atom. The second-order valence-electron chi connectivity index (χ2n) is 6.59. The summed E-state index contributed by atoms with van der Waals surface area (Å²) < 4.78 is 12.9. The number of imidazole rings is 1. The van der Waals surface area contributed by atoms with E-state index in [-0.39, 0.29) is 0 Å². The van der Waals surface area contributed by atoms with E-state index in [0.717, 1.165) is 28.7 Å². The fraction of sp³-hybridized carbons (Fsp3) is 0.136. The number of hydrogen-bond donors (Lipinski definition) is 1. The predicted octanol–water partition coefficient (Wildman–Crippen LogP) is 4.58. The maximum absolute atomic E-state index is 5.45. The molecule has 0 unspecified atom stereocenters. The van der Waals surface area contributed by atoms with E-state index < -0.39 is 0 Å². The van der Waals surface area contributed by atoms with Crippen molar-refractivity contribution in [3.8, 4) is 22.8 Å². The molecule has 0 aliphatic carbocycles. The maximum atomic E-state index is 5.45. The number of nitrogens with one attached hydrogen (secondary N) is 1. The first kappa shape index (κ1) is 15.8. The first-order valence-electron chi connectivity index (χ1n) is 8.92. The van der Waals surface area contributed by atoms with Gasteiger partial charge in [0.25, 0.3) is 0 Å². The zero-order chi connectivity index (χ0) is 18.2. The molecular weight excluding hydrogens is 338 g/mol. The number of hydrogen-bond acceptors (Lipinski definition) is 4. The lowest BCUT2D eigenvalue weighted by molar-refractivity contribution is 0.174. The van der Waals surface area contributed by atoms with E-state index in [2.05, 4.69) is 57.3 Å². The van der Waals surface area contributed by atoms with E-state index in [0.29, 0.717) is 13.3 Å². The van der Waals surface area contributed by atoms with Crippen LogP contribution >= 0.6 is 0 Å². The fourth-order valence-corrected chi connectivity index (χ4v) is 3.50. The minimum absolute atomic E-state index is 0.292. The van der Waals surface area contributed by atoms with Gasteiger partial charge in [-0.2, -0.15) is 0 Å². The summed E-state index contributed by atoms with van der Waals surface area (Å²) in [4.78, 5) is 4.58. The van der Waals surface area contributed by atoms with E-state index in [9.17, 15) is 0 Å². The summed E-state index contributed by atoms with van der Waals surface area (Å²) in [6.07, 6.45) is 1.92. The van der Waals surface area contributed by atoms with Crippen molar-refractivity contribution in [1.29, 1.82) is 0 Å². The van der Waals surface area contributed by atoms with Gasteiger partial charge in [0.15, 0.2) is 11.5 Å². The van der Waals surface area contributed by atoms with Crippen molar-refractivity contribution >= 4 is 16.7 Å². The average Bonchev–Trinajstić information content (AvgIpc) is 3.32. The summed E-state index contributed by atoms with van der Waals surface area (Å²) in [6.45, 7) is 0.955. The largest absolute Gasteiger partial charge is 0.454 e. The standard InChI is InChI=1S/C22H19N3O2/c1-25-19(18-8-4-6-16-5-2-3-7-17(16)18)13-24-22(25)23-12-15-9-10-20-21(11-15)27-14-26-20/h2-11,13H,12,14H2,1H3,(H,23,24). The Hall–Kier alpha value is -3.47. The van der Waals surface area contributed by atoms with E-state index in [1.165, 1.54) is 16.3 Å². The van der Waals surface area contributed by atoms with E-state index in [1.54, 1.807) is 0 Å². The molecule has 0 fully saturated rings. The number of anilines is 1. The van der Waals surface area contributed by atoms with Crippen LogP contribution in [0.2, 0.25) is 0 Å². The Balaban J connectivity index is 1.42. The summed E-state index contributed by atoms with van der Waals surface area (Å²) >= 11 is 0. The summed E-state index contributed by atoms with van der Waals surface area (Å²) in [6, 6.07) is 20.8. The van der Waals surface area contributed by atoms with Crippen molar-refractivity contribution in [3.63, 3.8) is 0 Å². The van der Waals surface area contributed by atoms with Crippen LogP contribution in [0.3, 0.4) is 0 Å². The number of aromatic nitrogens is 2. The fourth-order valence-electron chi connectivity index (χ4n) is 3.50. The molecule has 134 valence electrons. The first-order valence-corrected chi connectivity index (χ1v) is 8.92. The molecule has 0 saturated heterocycles. The van der Waals surface area contributed by atoms with Gasteiger partial charge in [-0.25, -0.2) is 4.98 Å². The lowest BCUT2D eigenvalue weighted by Gasteiger charge is -2.10. The summed E-state index contributed by atoms with van der Waals surface area (Å²) in [5, 5.41) is 5.87. The van der Waals surface area contributed by atoms with Gasteiger partial charge in [0.1, 0.15) is 0 Å². The van der Waals surface area contributed by atoms with Crippen molar-refractivity contribution in [2.45, 2.75) is 6.54 Å². The van der Waals surface area contributed by atoms with E-state index >= 15 is 0 Å². The van der Waals surface area contributed by atoms with Crippen LogP contribution in [0.4, 0.5) is 5.95 Å². The molecule has 5 nitrogen and oxygen atoms in total. The van der Waals surface area contributed by atoms with E-state index in [4.69, 9.17) is 9.47 Å². The maximum Gasteiger partial charge on any atom is 0.231 e. The summed E-state index contributed by atoms with van der Waals surface area (Å²) in [5.41, 5.74) is 3.38. The Kier molecular flexibility index (Phi) is 3.71. The normalized spacial score (nSPS) is 12.5. The summed E-state index contributed by atoms with van der Waals surface area (Å²) in [5.74, 6) is 2.43. The number of ether oxygens (including phenoxy) is 2. The van der Waals surface area contributed by atoms with Crippen LogP contribution in [0.5, 0.6) is 11.5 Å². The van der Waals surface area contributed by atoms with Gasteiger partial charge in [0.2, 0.25) is 12.7 Å². The SMILES string of the molecule is Cn1c(-c2cccc3ccccc23)cnc1NCc1ccc2c(c1)OCO2. The quantitative estimate of drug-likeness (QED) is 0.581. The molecule has 5 heteroatoms. The van der Waals surface area contributed by atoms with Gasteiger partial charge in [-0.3, -0.25) is 0 Å². The highest BCUT2D eigenvalue weighted by Crippen LogP contribution is 2.33. The minimum Gasteiger partial charge on any atom is -0.454 e. The molecular formula is C22H19N3O2. The van der Waals surface area contributed by atoms with Crippen molar-refractivity contribution in [3.05, 3.63) is 72.4 Å². The lowest BCUT2D eigenvalue weighted by Crippen LogP contribution is -2.05. The molecule has 0 amide bonds. The monoisotopic (exact) mass is 357 g/mol. The second-order valence-corrected chi connectivity index (χ2v) is 6.59. The highest BCUT2D eigenvalue weighted by Gasteiger charge is 2.14. The molecule has 1 aliphatic rings. The molecule has 0 radical (unpaired) electrons. The van der Waals surface area contributed by atoms with Crippen LogP contribution in [0.15, 0.2) is 66.9 Å². The van der Waals surface area contributed by atoms with Crippen molar-refractivity contribution in [1.82, 2.24) is 9.55 Å². The van der Waals surface area contributed by atoms with Gasteiger partial charge in [-0.1, -0.05) is 48.5 Å². The van der Waals surface area contributed by atoms with Gasteiger partial charge in [-0.15, -0.1) is 0 Å². The lowest BCUT2D eigenvalue weighted by atomic mass is 10.0. The second kappa shape index (κ2) is 6.36. The van der Waals surface area contributed by atoms with Crippen LogP contribution in [0, 0.1) is 0 Å². The van der Waals surface area contributed by atoms with Crippen LogP contribution in [0.25, 0.3) is 22.0 Å². The van der Waals surface area contributed by atoms with Crippen molar-refractivity contribution in [2.75, 3.05) is 12.1 Å². The first-order chi connectivity index (χ1) is 13.3. The third kappa shape index (κ3) is 2.77. The smallest absolute Gasteiger partial charge is 0.231 e. The Labute approximate surface area is 157 Å². The third-order valence-corrected chi connectivity index (χ3v) is 4.94. The number of fused-ring (bicyclic) bond motifs is 2. The predicted molar refractivity (Wildman–Crippen MR) is 106 cm³/mol. The summed E-state index contributed by atoms with van der Waals surface area (Å²) in [7, 11) is 2.03. The van der Waals surface area contributed by atoms with Gasteiger partial charge in [0, 0.05) is 19.2 Å². The van der Waals surface area contributed by atoms with E-state index in [1.807, 2.05) is 31.4 Å². The van der Waals surface area contributed by atoms with Crippen molar-refractivity contribution in [2.24, 2.45) is 7.05 Å². The Morgan fingerprint density at radius 3 is 2.81 bits per heavy atom. The zero-order valence-electron chi connectivity index (χ0n) is 15.0. The zero-order valence-corrected chi connectivity index (χ0v) is 15.0. The molecule has 5 rings (SSSR count). The average molecular weight is 357 g/mol. The highest BCUT2D eigenvalue weighted by atomic mass is 16.7. The molecule has 0 atom stereocenters. The molecule has 3 aromatic carbocycles. The van der Waals surface area contributed by atoms with Gasteiger partial charge in [0.05, 0.1) is 11.9 Å². The third-order valence-electron chi connectivity index (χ3n) is 4.94. The molecule has 2 heterocycles. The molecule has 0 bridgehead atoms. The van der Waals surface area contributed by atoms with Gasteiger partial charge >= 0.3 is 0 Å². The topological polar surface area (TPSA) is 48.3 Å². The van der Waals surface area contributed by atoms with Gasteiger partial charge in [-0.05, 0) is 28.5 Å². The van der Waals surface area contributed by atoms with Crippen LogP contribution < -0.4 is 14.8 Å². The Morgan fingerprint density at radius 1 is 1.00 bits per heavy atom. The molecule has 1 aliphatic heterocycles. The molecule has 4 aromatic rings. The molecule has 27 heavy (non-hydrogen) atoms. The highest BCUT2D eigenvalue weighted by molar-refractivity contribution is 5.96. The van der Waals surface area contributed by atoms with Crippen LogP contribution in [-0.4, -0.2) is 16.3 Å². The Bertz CT molecular complexity index is 1130. The molecule has 1 N–H and O–H groups in total.